The van der Waals surface area contributed by atoms with Gasteiger partial charge in [0.1, 0.15) is 0 Å². The van der Waals surface area contributed by atoms with Gasteiger partial charge in [-0.15, -0.1) is 0 Å². The molecule has 1 heterocycles. The van der Waals surface area contributed by atoms with Crippen molar-refractivity contribution in [3.63, 3.8) is 0 Å². The van der Waals surface area contributed by atoms with Crippen LogP contribution < -0.4 is 5.32 Å². The second-order valence-electron chi connectivity index (χ2n) is 3.06. The molecule has 0 aromatic carbocycles. The fourth-order valence-electron chi connectivity index (χ4n) is 1.63. The molecule has 2 N–H and O–H groups in total. The van der Waals surface area contributed by atoms with Gasteiger partial charge in [-0.05, 0) is 25.0 Å². The zero-order chi connectivity index (χ0) is 15.0. The highest BCUT2D eigenvalue weighted by atomic mass is 16.2. The molecule has 1 aliphatic heterocycles. The van der Waals surface area contributed by atoms with Gasteiger partial charge in [0, 0.05) is 25.3 Å². The highest BCUT2D eigenvalue weighted by Gasteiger charge is 2.19. The molecule has 0 fully saturated rings. The van der Waals surface area contributed by atoms with Gasteiger partial charge in [-0.1, -0.05) is 53.3 Å². The Bertz CT molecular complexity index is 229. The summed E-state index contributed by atoms with van der Waals surface area (Å²) in [5, 5.41) is 10.4. The van der Waals surface area contributed by atoms with E-state index in [0.29, 0.717) is 5.92 Å². The molecular formula is C16H33NO. The Balaban J connectivity index is -0.000000328. The minimum absolute atomic E-state index is 0.661. The lowest BCUT2D eigenvalue weighted by Crippen LogP contribution is -2.10. The molecule has 1 atom stereocenters. The molecule has 0 spiro atoms. The van der Waals surface area contributed by atoms with Gasteiger partial charge in [0.15, 0.2) is 0 Å². The molecule has 1 aliphatic rings. The van der Waals surface area contributed by atoms with E-state index in [1.807, 2.05) is 40.7 Å². The van der Waals surface area contributed by atoms with Crippen LogP contribution in [0.1, 0.15) is 48.0 Å². The second kappa shape index (κ2) is 18.3. The van der Waals surface area contributed by atoms with Crippen molar-refractivity contribution >= 4 is 0 Å². The summed E-state index contributed by atoms with van der Waals surface area (Å²) >= 11 is 0. The van der Waals surface area contributed by atoms with Crippen molar-refractivity contribution in [3.05, 3.63) is 36.1 Å². The molecule has 108 valence electrons. The van der Waals surface area contributed by atoms with Crippen LogP contribution in [0.4, 0.5) is 0 Å². The Kier molecular flexibility index (Phi) is 22.6. The Morgan fingerprint density at radius 2 is 1.78 bits per heavy atom. The third-order valence-electron chi connectivity index (χ3n) is 2.34. The summed E-state index contributed by atoms with van der Waals surface area (Å²) in [5.74, 6) is 0.661. The van der Waals surface area contributed by atoms with Crippen molar-refractivity contribution in [2.24, 2.45) is 5.92 Å². The number of hydrogen-bond donors (Lipinski definition) is 2. The highest BCUT2D eigenvalue weighted by molar-refractivity contribution is 5.36. The van der Waals surface area contributed by atoms with E-state index in [1.54, 1.807) is 0 Å². The normalized spacial score (nSPS) is 16.6. The molecule has 0 bridgehead atoms. The standard InChI is InChI=1S/C11H17N.2C2H6.CH4O/c1-4-7-11-10(6-3)9(5-2)8-12-11;3*1-2/h4,6-7,9,12H,3,5,8H2,1-2H3;2*1-2H3;2H,1H3/b7-4-;;;. The van der Waals surface area contributed by atoms with E-state index in [0.717, 1.165) is 13.7 Å². The molecule has 0 saturated heterocycles. The van der Waals surface area contributed by atoms with E-state index < -0.39 is 0 Å². The van der Waals surface area contributed by atoms with Crippen molar-refractivity contribution in [2.45, 2.75) is 48.0 Å². The third kappa shape index (κ3) is 8.13. The number of allylic oxidation sites excluding steroid dienone is 3. The van der Waals surface area contributed by atoms with Gasteiger partial charge in [0.25, 0.3) is 0 Å². The first-order valence-electron chi connectivity index (χ1n) is 7.01. The van der Waals surface area contributed by atoms with Crippen molar-refractivity contribution in [1.29, 1.82) is 0 Å². The summed E-state index contributed by atoms with van der Waals surface area (Å²) in [5.41, 5.74) is 2.62. The number of aliphatic hydroxyl groups excluding tert-OH is 1. The van der Waals surface area contributed by atoms with Crippen LogP contribution in [0, 0.1) is 5.92 Å². The van der Waals surface area contributed by atoms with Crippen molar-refractivity contribution in [1.82, 2.24) is 5.32 Å². The van der Waals surface area contributed by atoms with E-state index >= 15 is 0 Å². The van der Waals surface area contributed by atoms with E-state index in [-0.39, 0.29) is 0 Å². The third-order valence-corrected chi connectivity index (χ3v) is 2.34. The van der Waals surface area contributed by atoms with Crippen LogP contribution in [-0.4, -0.2) is 18.8 Å². The quantitative estimate of drug-likeness (QED) is 0.788. The van der Waals surface area contributed by atoms with Crippen LogP contribution in [0.5, 0.6) is 0 Å². The van der Waals surface area contributed by atoms with Crippen LogP contribution in [0.25, 0.3) is 0 Å². The zero-order valence-electron chi connectivity index (χ0n) is 13.4. The summed E-state index contributed by atoms with van der Waals surface area (Å²) in [4.78, 5) is 0. The molecule has 18 heavy (non-hydrogen) atoms. The Morgan fingerprint density at radius 1 is 1.28 bits per heavy atom. The van der Waals surface area contributed by atoms with Gasteiger partial charge < -0.3 is 10.4 Å². The predicted octanol–water partition coefficient (Wildman–Crippen LogP) is 4.29. The maximum atomic E-state index is 7.00. The number of aliphatic hydroxyl groups is 1. The van der Waals surface area contributed by atoms with Crippen LogP contribution in [0.3, 0.4) is 0 Å². The molecule has 0 aromatic rings. The van der Waals surface area contributed by atoms with Crippen molar-refractivity contribution < 1.29 is 5.11 Å². The fraction of sp³-hybridized carbons (Fsp3) is 0.625. The van der Waals surface area contributed by atoms with Gasteiger partial charge in [-0.2, -0.15) is 0 Å². The highest BCUT2D eigenvalue weighted by Crippen LogP contribution is 2.24. The molecule has 0 saturated carbocycles. The lowest BCUT2D eigenvalue weighted by atomic mass is 9.98. The van der Waals surface area contributed by atoms with Crippen LogP contribution in [-0.2, 0) is 0 Å². The molecule has 0 aromatic heterocycles. The summed E-state index contributed by atoms with van der Waals surface area (Å²) in [6.45, 7) is 17.2. The van der Waals surface area contributed by atoms with E-state index in [4.69, 9.17) is 5.11 Å². The molecule has 1 unspecified atom stereocenters. The van der Waals surface area contributed by atoms with E-state index in [9.17, 15) is 0 Å². The maximum absolute atomic E-state index is 7.00. The predicted molar refractivity (Wildman–Crippen MR) is 84.7 cm³/mol. The summed E-state index contributed by atoms with van der Waals surface area (Å²) in [6.07, 6.45) is 7.34. The molecule has 0 radical (unpaired) electrons. The minimum atomic E-state index is 0.661. The fourth-order valence-corrected chi connectivity index (χ4v) is 1.63. The van der Waals surface area contributed by atoms with E-state index in [1.165, 1.54) is 17.7 Å². The number of nitrogens with one attached hydrogen (secondary N) is 1. The summed E-state index contributed by atoms with van der Waals surface area (Å²) in [7, 11) is 1.00. The van der Waals surface area contributed by atoms with Crippen LogP contribution >= 0.6 is 0 Å². The Labute approximate surface area is 115 Å². The molecule has 2 nitrogen and oxygen atoms in total. The van der Waals surface area contributed by atoms with Gasteiger partial charge in [-0.3, -0.25) is 0 Å². The van der Waals surface area contributed by atoms with E-state index in [2.05, 4.69) is 31.0 Å². The number of hydrogen-bond acceptors (Lipinski definition) is 2. The first-order valence-corrected chi connectivity index (χ1v) is 7.01. The van der Waals surface area contributed by atoms with Gasteiger partial charge in [-0.25, -0.2) is 0 Å². The second-order valence-corrected chi connectivity index (χ2v) is 3.06. The van der Waals surface area contributed by atoms with Crippen molar-refractivity contribution in [2.75, 3.05) is 13.7 Å². The smallest absolute Gasteiger partial charge is 0.0372 e. The lowest BCUT2D eigenvalue weighted by molar-refractivity contribution is 0.399. The average Bonchev–Trinajstić information content (AvgIpc) is 2.88. The molecule has 0 amide bonds. The van der Waals surface area contributed by atoms with Gasteiger partial charge in [0.2, 0.25) is 0 Å². The minimum Gasteiger partial charge on any atom is -0.400 e. The molecule has 0 aliphatic carbocycles. The summed E-state index contributed by atoms with van der Waals surface area (Å²) in [6, 6.07) is 0. The largest absolute Gasteiger partial charge is 0.400 e. The first-order chi connectivity index (χ1) is 8.83. The van der Waals surface area contributed by atoms with Gasteiger partial charge in [0.05, 0.1) is 0 Å². The van der Waals surface area contributed by atoms with Crippen LogP contribution in [0.2, 0.25) is 0 Å². The molecular weight excluding hydrogens is 222 g/mol. The molecule has 2 heteroatoms. The average molecular weight is 255 g/mol. The van der Waals surface area contributed by atoms with Gasteiger partial charge >= 0.3 is 0 Å². The topological polar surface area (TPSA) is 32.3 Å². The Morgan fingerprint density at radius 3 is 2.11 bits per heavy atom. The monoisotopic (exact) mass is 255 g/mol. The molecule has 1 rings (SSSR count). The van der Waals surface area contributed by atoms with Crippen LogP contribution in [0.15, 0.2) is 36.1 Å². The van der Waals surface area contributed by atoms with Crippen molar-refractivity contribution in [3.8, 4) is 0 Å². The SMILES string of the molecule is C=CC1=C(/C=C\C)NCC1CC.CC.CC.CO. The lowest BCUT2D eigenvalue weighted by Gasteiger charge is -2.05. The zero-order valence-corrected chi connectivity index (χ0v) is 13.4. The summed E-state index contributed by atoms with van der Waals surface area (Å²) < 4.78 is 0. The Hall–Kier alpha value is -1.02. The first kappa shape index (κ1) is 22.2. The number of rotatable bonds is 3. The maximum Gasteiger partial charge on any atom is 0.0372 e.